The molecule has 4 saturated heterocycles. The smallest absolute Gasteiger partial charge is 0.163 e. The van der Waals surface area contributed by atoms with Crippen LogP contribution in [0, 0.1) is 83.4 Å². The van der Waals surface area contributed by atoms with Crippen molar-refractivity contribution in [3.8, 4) is 12.3 Å². The maximum absolute atomic E-state index is 10.7. The maximum Gasteiger partial charge on any atom is 0.163 e. The van der Waals surface area contributed by atoms with Gasteiger partial charge in [0.2, 0.25) is 0 Å². The first-order valence-corrected chi connectivity index (χ1v) is 31.2. The molecular weight excluding hydrogens is 1110 g/mol. The molecule has 16 atom stereocenters. The second kappa shape index (κ2) is 34.8. The Hall–Kier alpha value is -1.69. The Balaban J connectivity index is 0.000000520. The molecule has 0 aromatic rings. The van der Waals surface area contributed by atoms with Gasteiger partial charge in [-0.1, -0.05) is 172 Å². The first kappa shape index (κ1) is 74.3. The average molecular weight is 1220 g/mol. The van der Waals surface area contributed by atoms with Gasteiger partial charge in [-0.05, 0) is 147 Å². The summed E-state index contributed by atoms with van der Waals surface area (Å²) in [5.74, 6) is 6.72. The third kappa shape index (κ3) is 27.6. The number of ether oxygens (including phenoxy) is 8. The van der Waals surface area contributed by atoms with Gasteiger partial charge in [-0.25, -0.2) is 0 Å². The predicted molar refractivity (Wildman–Crippen MR) is 334 cm³/mol. The molecule has 450 valence electrons. The van der Waals surface area contributed by atoms with E-state index in [9.17, 15) is 4.79 Å². The van der Waals surface area contributed by atoms with Crippen LogP contribution < -0.4 is 0 Å². The van der Waals surface area contributed by atoms with Gasteiger partial charge >= 0.3 is 0 Å². The van der Waals surface area contributed by atoms with Gasteiger partial charge in [0, 0.05) is 36.5 Å². The van der Waals surface area contributed by atoms with Gasteiger partial charge in [0.05, 0.1) is 52.2 Å². The van der Waals surface area contributed by atoms with Gasteiger partial charge in [-0.3, -0.25) is 0 Å². The summed E-state index contributed by atoms with van der Waals surface area (Å²) in [7, 11) is 0. The quantitative estimate of drug-likeness (QED) is 0.0564. The second-order valence-electron chi connectivity index (χ2n) is 26.0. The van der Waals surface area contributed by atoms with E-state index >= 15 is 0 Å². The monoisotopic (exact) mass is 1220 g/mol. The summed E-state index contributed by atoms with van der Waals surface area (Å²) in [6, 6.07) is 0. The molecule has 0 saturated carbocycles. The summed E-state index contributed by atoms with van der Waals surface area (Å²) >= 11 is 6.80. The molecule has 4 aliphatic heterocycles. The van der Waals surface area contributed by atoms with Crippen LogP contribution >= 0.6 is 31.9 Å². The van der Waals surface area contributed by atoms with Crippen molar-refractivity contribution in [2.24, 2.45) is 71.0 Å². The standard InChI is InChI=1S/C17H28Br2O2.C17H30O2.C17H28O2.C16H28O3/c1-11(2)12(3)7-8-13(4)16-14(9-10-15(18)19)20-17(5,6)21-16;2*1-8-9-15-16(19-17(6,7)18-15)14(5)11-10-13(4)12(2)3;1-11(2)12(3)7-8-13(4)15-14(9-10-17)18-16(5,6)19-15/h7-8,10-14,16H,9H2,1-6H3;8,10-16H,1,9H2,2-7H3;1,10-16H,9H2,2-7H3;7-8,10-15H,9H2,1-6H3/b8-7-;2*11-10-;8-7-/t12-,13-,14+,16-;2*13-,14-,15+,16-;12-,13-,14+,15-/m1111/s1. The molecule has 0 bridgehead atoms. The molecule has 4 rings (SSSR count). The van der Waals surface area contributed by atoms with Crippen LogP contribution in [0.25, 0.3) is 0 Å². The number of hydrogen-bond acceptors (Lipinski definition) is 9. The van der Waals surface area contributed by atoms with E-state index in [0.717, 1.165) is 22.5 Å². The van der Waals surface area contributed by atoms with E-state index in [0.29, 0.717) is 77.9 Å². The molecule has 4 fully saturated rings. The van der Waals surface area contributed by atoms with Crippen LogP contribution in [0.5, 0.6) is 0 Å². The van der Waals surface area contributed by atoms with E-state index in [2.05, 4.69) is 210 Å². The summed E-state index contributed by atoms with van der Waals surface area (Å²) in [6.45, 7) is 55.0. The fourth-order valence-corrected chi connectivity index (χ4v) is 9.62. The minimum Gasteiger partial charge on any atom is -0.344 e. The zero-order valence-electron chi connectivity index (χ0n) is 53.4. The molecule has 78 heavy (non-hydrogen) atoms. The number of carbonyl (C=O) groups is 1. The SMILES string of the molecule is C#CC[C@@H]1OC(C)(C)O[C@@H]1[C@H](C)/C=C\[C@@H](C)C(C)C.C=CC[C@@H]1OC(C)(C)O[C@@H]1[C@H](C)/C=C\[C@@H](C)C(C)C.CC(C)[C@H](C)/C=C\[C@@H](C)[C@H]1OC(C)(C)O[C@H]1CC=C(Br)Br.CC(C)[C@H](C)/C=C\[C@@H](C)[C@H]1OC(C)(C)O[C@H]1CC=O. The number of rotatable bonds is 23. The van der Waals surface area contributed by atoms with E-state index in [1.165, 1.54) is 0 Å². The lowest BCUT2D eigenvalue weighted by Gasteiger charge is -2.21. The third-order valence-electron chi connectivity index (χ3n) is 15.6. The Bertz CT molecular complexity index is 1850. The van der Waals surface area contributed by atoms with E-state index in [1.54, 1.807) is 0 Å². The van der Waals surface area contributed by atoms with Crippen LogP contribution in [0.15, 0.2) is 70.7 Å². The zero-order valence-corrected chi connectivity index (χ0v) is 56.6. The van der Waals surface area contributed by atoms with Gasteiger partial charge in [0.15, 0.2) is 23.1 Å². The minimum absolute atomic E-state index is 0.00555. The number of terminal acetylenes is 1. The van der Waals surface area contributed by atoms with Crippen LogP contribution in [-0.4, -0.2) is 78.3 Å². The molecule has 0 radical (unpaired) electrons. The minimum atomic E-state index is -0.593. The fourth-order valence-electron chi connectivity index (χ4n) is 9.25. The molecule has 0 aromatic heterocycles. The van der Waals surface area contributed by atoms with Crippen molar-refractivity contribution in [1.29, 1.82) is 0 Å². The van der Waals surface area contributed by atoms with E-state index in [1.807, 2.05) is 61.5 Å². The Morgan fingerprint density at radius 2 is 0.692 bits per heavy atom. The normalized spacial score (nSPS) is 29.3. The summed E-state index contributed by atoms with van der Waals surface area (Å²) in [5, 5.41) is 0. The molecule has 4 aliphatic rings. The summed E-state index contributed by atoms with van der Waals surface area (Å²) in [4.78, 5) is 10.7. The summed E-state index contributed by atoms with van der Waals surface area (Å²) in [6.07, 6.45) is 31.3. The van der Waals surface area contributed by atoms with E-state index < -0.39 is 23.1 Å². The topological polar surface area (TPSA) is 90.9 Å². The number of halogens is 2. The van der Waals surface area contributed by atoms with Gasteiger partial charge in [-0.15, -0.1) is 18.9 Å². The maximum atomic E-state index is 10.7. The fraction of sp³-hybridized carbons (Fsp3) is 0.776. The largest absolute Gasteiger partial charge is 0.344 e. The molecule has 0 aromatic carbocycles. The second-order valence-corrected chi connectivity index (χ2v) is 28.8. The molecule has 0 amide bonds. The third-order valence-corrected chi connectivity index (χ3v) is 16.2. The van der Waals surface area contributed by atoms with E-state index in [4.69, 9.17) is 44.3 Å². The highest BCUT2D eigenvalue weighted by atomic mass is 79.9. The highest BCUT2D eigenvalue weighted by molar-refractivity contribution is 9.28. The first-order chi connectivity index (χ1) is 35.9. The highest BCUT2D eigenvalue weighted by Gasteiger charge is 2.46. The van der Waals surface area contributed by atoms with Crippen LogP contribution in [-0.2, 0) is 42.7 Å². The molecule has 9 nitrogen and oxygen atoms in total. The van der Waals surface area contributed by atoms with Crippen molar-refractivity contribution in [2.45, 2.75) is 264 Å². The molecule has 4 heterocycles. The Morgan fingerprint density at radius 3 is 0.936 bits per heavy atom. The van der Waals surface area contributed by atoms with Crippen molar-refractivity contribution in [1.82, 2.24) is 0 Å². The zero-order chi connectivity index (χ0) is 60.1. The summed E-state index contributed by atoms with van der Waals surface area (Å²) in [5.41, 5.74) is 0. The van der Waals surface area contributed by atoms with Crippen molar-refractivity contribution in [3.05, 3.63) is 70.7 Å². The van der Waals surface area contributed by atoms with Crippen molar-refractivity contribution in [3.63, 3.8) is 0 Å². The lowest BCUT2D eigenvalue weighted by molar-refractivity contribution is -0.149. The highest BCUT2D eigenvalue weighted by Crippen LogP contribution is 2.38. The van der Waals surface area contributed by atoms with Crippen LogP contribution in [0.2, 0.25) is 0 Å². The molecule has 0 unspecified atom stereocenters. The Kier molecular flexibility index (Phi) is 33.2. The number of allylic oxidation sites excluding steroid dienone is 4. The predicted octanol–water partition coefficient (Wildman–Crippen LogP) is 18.2. The van der Waals surface area contributed by atoms with Gasteiger partial charge in [-0.2, -0.15) is 0 Å². The van der Waals surface area contributed by atoms with Crippen LogP contribution in [0.4, 0.5) is 0 Å². The lowest BCUT2D eigenvalue weighted by atomic mass is 9.93. The molecule has 11 heteroatoms. The lowest BCUT2D eigenvalue weighted by Crippen LogP contribution is -2.29. The van der Waals surface area contributed by atoms with Crippen LogP contribution in [0.3, 0.4) is 0 Å². The van der Waals surface area contributed by atoms with Gasteiger partial charge in [0.25, 0.3) is 0 Å². The van der Waals surface area contributed by atoms with E-state index in [-0.39, 0.29) is 54.7 Å². The molecule has 0 aliphatic carbocycles. The summed E-state index contributed by atoms with van der Waals surface area (Å²) < 4.78 is 48.7. The number of hydrogen-bond donors (Lipinski definition) is 0. The van der Waals surface area contributed by atoms with Gasteiger partial charge < -0.3 is 42.7 Å². The average Bonchev–Trinajstić information content (AvgIpc) is 4.04. The Morgan fingerprint density at radius 1 is 0.436 bits per heavy atom. The van der Waals surface area contributed by atoms with Crippen LogP contribution in [0.1, 0.15) is 192 Å². The number of aldehydes is 1. The van der Waals surface area contributed by atoms with Crippen molar-refractivity contribution >= 4 is 38.1 Å². The van der Waals surface area contributed by atoms with Crippen molar-refractivity contribution in [2.75, 3.05) is 0 Å². The molecule has 0 spiro atoms. The molecule has 0 N–H and O–H groups in total. The number of carbonyl (C=O) groups excluding carboxylic acids is 1. The Labute approximate surface area is 495 Å². The molecular formula is C67H114Br2O9. The van der Waals surface area contributed by atoms with Crippen molar-refractivity contribution < 1.29 is 42.7 Å². The van der Waals surface area contributed by atoms with Gasteiger partial charge in [0.1, 0.15) is 6.29 Å². The first-order valence-electron chi connectivity index (χ1n) is 29.6.